The Balaban J connectivity index is 1.59. The Bertz CT molecular complexity index is 1040. The smallest absolute Gasteiger partial charge is 0.253 e. The van der Waals surface area contributed by atoms with Gasteiger partial charge in [-0.2, -0.15) is 0 Å². The highest BCUT2D eigenvalue weighted by molar-refractivity contribution is 6.00. The van der Waals surface area contributed by atoms with Crippen molar-refractivity contribution in [1.29, 1.82) is 0 Å². The monoisotopic (exact) mass is 376 g/mol. The minimum Gasteiger partial charge on any atom is -0.454 e. The van der Waals surface area contributed by atoms with Gasteiger partial charge in [-0.15, -0.1) is 0 Å². The van der Waals surface area contributed by atoms with E-state index in [0.717, 1.165) is 28.4 Å². The Hall–Kier alpha value is -3.74. The largest absolute Gasteiger partial charge is 0.454 e. The minimum absolute atomic E-state index is 0.145. The molecule has 0 fully saturated rings. The van der Waals surface area contributed by atoms with Crippen molar-refractivity contribution in [3.8, 4) is 11.5 Å². The quantitative estimate of drug-likeness (QED) is 0.625. The molecule has 0 bridgehead atoms. The molecule has 0 radical (unpaired) electrons. The van der Waals surface area contributed by atoms with Gasteiger partial charge in [0.15, 0.2) is 11.5 Å². The van der Waals surface area contributed by atoms with Gasteiger partial charge in [-0.1, -0.05) is 12.1 Å². The molecular formula is C21H20N4O3. The third-order valence-corrected chi connectivity index (χ3v) is 4.42. The summed E-state index contributed by atoms with van der Waals surface area (Å²) in [6.45, 7) is 2.20. The van der Waals surface area contributed by atoms with E-state index in [-0.39, 0.29) is 12.7 Å². The number of pyridine rings is 1. The van der Waals surface area contributed by atoms with Crippen molar-refractivity contribution in [3.05, 3.63) is 65.9 Å². The molecule has 4 rings (SSSR count). The molecule has 1 aromatic heterocycles. The zero-order valence-electron chi connectivity index (χ0n) is 15.6. The Labute approximate surface area is 162 Å². The van der Waals surface area contributed by atoms with Crippen LogP contribution < -0.4 is 25.4 Å². The Morgan fingerprint density at radius 2 is 1.82 bits per heavy atom. The van der Waals surface area contributed by atoms with Crippen LogP contribution in [0, 0.1) is 6.92 Å². The molecule has 0 aliphatic carbocycles. The van der Waals surface area contributed by atoms with Crippen LogP contribution in [0.3, 0.4) is 0 Å². The SMILES string of the molecule is CNC(=O)c1ccccc1Nc1cc(Nc2ccc3c(c2)OCO3)ncc1C. The molecule has 0 saturated heterocycles. The Kier molecular flexibility index (Phi) is 4.72. The molecule has 2 aromatic carbocycles. The third kappa shape index (κ3) is 3.55. The predicted octanol–water partition coefficient (Wildman–Crippen LogP) is 3.97. The fraction of sp³-hybridized carbons (Fsp3) is 0.143. The molecular weight excluding hydrogens is 356 g/mol. The lowest BCUT2D eigenvalue weighted by molar-refractivity contribution is 0.0964. The number of nitrogens with zero attached hydrogens (tertiary/aromatic N) is 1. The molecule has 1 aliphatic heterocycles. The average molecular weight is 376 g/mol. The van der Waals surface area contributed by atoms with Gasteiger partial charge in [0, 0.05) is 36.8 Å². The van der Waals surface area contributed by atoms with E-state index >= 15 is 0 Å². The third-order valence-electron chi connectivity index (χ3n) is 4.42. The van der Waals surface area contributed by atoms with Crippen molar-refractivity contribution in [2.45, 2.75) is 6.92 Å². The van der Waals surface area contributed by atoms with Crippen molar-refractivity contribution in [3.63, 3.8) is 0 Å². The van der Waals surface area contributed by atoms with Crippen molar-refractivity contribution in [1.82, 2.24) is 10.3 Å². The molecule has 142 valence electrons. The van der Waals surface area contributed by atoms with E-state index < -0.39 is 0 Å². The number of rotatable bonds is 5. The van der Waals surface area contributed by atoms with Crippen LogP contribution in [-0.4, -0.2) is 24.7 Å². The Morgan fingerprint density at radius 3 is 2.68 bits per heavy atom. The number of aryl methyl sites for hydroxylation is 1. The summed E-state index contributed by atoms with van der Waals surface area (Å²) in [6.07, 6.45) is 1.78. The van der Waals surface area contributed by atoms with E-state index in [2.05, 4.69) is 20.9 Å². The number of aromatic nitrogens is 1. The van der Waals surface area contributed by atoms with Gasteiger partial charge in [0.25, 0.3) is 5.91 Å². The van der Waals surface area contributed by atoms with Crippen LogP contribution in [0.25, 0.3) is 0 Å². The maximum absolute atomic E-state index is 12.1. The molecule has 3 aromatic rings. The molecule has 0 saturated carbocycles. The van der Waals surface area contributed by atoms with Gasteiger partial charge in [0.05, 0.1) is 11.3 Å². The van der Waals surface area contributed by atoms with Crippen LogP contribution in [0.1, 0.15) is 15.9 Å². The summed E-state index contributed by atoms with van der Waals surface area (Å²) in [5.41, 5.74) is 3.96. The van der Waals surface area contributed by atoms with Gasteiger partial charge in [-0.3, -0.25) is 4.79 Å². The molecule has 1 amide bonds. The van der Waals surface area contributed by atoms with Crippen molar-refractivity contribution >= 4 is 28.8 Å². The lowest BCUT2D eigenvalue weighted by atomic mass is 10.1. The first-order chi connectivity index (χ1) is 13.6. The number of carbonyl (C=O) groups is 1. The molecule has 1 aliphatic rings. The van der Waals surface area contributed by atoms with Gasteiger partial charge < -0.3 is 25.4 Å². The van der Waals surface area contributed by atoms with Crippen molar-refractivity contribution < 1.29 is 14.3 Å². The summed E-state index contributed by atoms with van der Waals surface area (Å²) in [6, 6.07) is 14.9. The molecule has 2 heterocycles. The molecule has 28 heavy (non-hydrogen) atoms. The summed E-state index contributed by atoms with van der Waals surface area (Å²) in [5.74, 6) is 1.96. The first-order valence-electron chi connectivity index (χ1n) is 8.85. The van der Waals surface area contributed by atoms with Crippen LogP contribution in [0.15, 0.2) is 54.7 Å². The second kappa shape index (κ2) is 7.48. The number of ether oxygens (including phenoxy) is 2. The number of para-hydroxylation sites is 1. The fourth-order valence-electron chi connectivity index (χ4n) is 2.92. The molecule has 7 nitrogen and oxygen atoms in total. The molecule has 0 unspecified atom stereocenters. The lowest BCUT2D eigenvalue weighted by Crippen LogP contribution is -2.19. The number of fused-ring (bicyclic) bond motifs is 1. The summed E-state index contributed by atoms with van der Waals surface area (Å²) in [5, 5.41) is 9.27. The van der Waals surface area contributed by atoms with Crippen LogP contribution in [0.5, 0.6) is 11.5 Å². The zero-order valence-corrected chi connectivity index (χ0v) is 15.6. The fourth-order valence-corrected chi connectivity index (χ4v) is 2.92. The first kappa shape index (κ1) is 17.7. The van der Waals surface area contributed by atoms with Crippen LogP contribution in [0.2, 0.25) is 0 Å². The number of amides is 1. The summed E-state index contributed by atoms with van der Waals surface area (Å²) < 4.78 is 10.7. The maximum atomic E-state index is 12.1. The highest BCUT2D eigenvalue weighted by Crippen LogP contribution is 2.35. The standard InChI is InChI=1S/C21H20N4O3/c1-13-11-23-20(24-14-7-8-18-19(9-14)28-12-27-18)10-17(13)25-16-6-4-3-5-15(16)21(26)22-2/h3-11H,12H2,1-2H3,(H,22,26)(H2,23,24,25). The highest BCUT2D eigenvalue weighted by atomic mass is 16.7. The second-order valence-electron chi connectivity index (χ2n) is 6.33. The summed E-state index contributed by atoms with van der Waals surface area (Å²) >= 11 is 0. The van der Waals surface area contributed by atoms with E-state index in [9.17, 15) is 4.79 Å². The van der Waals surface area contributed by atoms with Gasteiger partial charge in [0.1, 0.15) is 5.82 Å². The van der Waals surface area contributed by atoms with E-state index in [0.29, 0.717) is 17.1 Å². The molecule has 7 heteroatoms. The number of nitrogens with one attached hydrogen (secondary N) is 3. The number of hydrogen-bond acceptors (Lipinski definition) is 6. The summed E-state index contributed by atoms with van der Waals surface area (Å²) in [4.78, 5) is 16.6. The van der Waals surface area contributed by atoms with E-state index in [1.165, 1.54) is 0 Å². The number of benzene rings is 2. The van der Waals surface area contributed by atoms with Gasteiger partial charge >= 0.3 is 0 Å². The molecule has 3 N–H and O–H groups in total. The van der Waals surface area contributed by atoms with Crippen LogP contribution in [-0.2, 0) is 0 Å². The second-order valence-corrected chi connectivity index (χ2v) is 6.33. The van der Waals surface area contributed by atoms with Crippen LogP contribution >= 0.6 is 0 Å². The Morgan fingerprint density at radius 1 is 1.00 bits per heavy atom. The van der Waals surface area contributed by atoms with E-state index in [4.69, 9.17) is 9.47 Å². The maximum Gasteiger partial charge on any atom is 0.253 e. The number of hydrogen-bond donors (Lipinski definition) is 3. The van der Waals surface area contributed by atoms with Gasteiger partial charge in [-0.25, -0.2) is 4.98 Å². The number of anilines is 4. The van der Waals surface area contributed by atoms with Crippen LogP contribution in [0.4, 0.5) is 22.9 Å². The minimum atomic E-state index is -0.145. The van der Waals surface area contributed by atoms with E-state index in [1.54, 1.807) is 19.3 Å². The summed E-state index contributed by atoms with van der Waals surface area (Å²) in [7, 11) is 1.62. The highest BCUT2D eigenvalue weighted by Gasteiger charge is 2.14. The van der Waals surface area contributed by atoms with E-state index in [1.807, 2.05) is 49.4 Å². The molecule has 0 atom stereocenters. The molecule has 0 spiro atoms. The van der Waals surface area contributed by atoms with Gasteiger partial charge in [-0.05, 0) is 36.8 Å². The normalized spacial score (nSPS) is 11.8. The zero-order chi connectivity index (χ0) is 19.5. The topological polar surface area (TPSA) is 84.5 Å². The van der Waals surface area contributed by atoms with Gasteiger partial charge in [0.2, 0.25) is 6.79 Å². The lowest BCUT2D eigenvalue weighted by Gasteiger charge is -2.15. The van der Waals surface area contributed by atoms with Crippen molar-refractivity contribution in [2.75, 3.05) is 24.5 Å². The number of carbonyl (C=O) groups excluding carboxylic acids is 1. The first-order valence-corrected chi connectivity index (χ1v) is 8.85. The van der Waals surface area contributed by atoms with Crippen molar-refractivity contribution in [2.24, 2.45) is 0 Å². The predicted molar refractivity (Wildman–Crippen MR) is 108 cm³/mol. The average Bonchev–Trinajstić information content (AvgIpc) is 3.18.